The third kappa shape index (κ3) is 3.80. The van der Waals surface area contributed by atoms with Crippen LogP contribution in [0.1, 0.15) is 6.92 Å². The van der Waals surface area contributed by atoms with Crippen LogP contribution in [-0.2, 0) is 4.79 Å². The van der Waals surface area contributed by atoms with Crippen LogP contribution in [0.5, 0.6) is 0 Å². The topological polar surface area (TPSA) is 37.3 Å². The fourth-order valence-corrected chi connectivity index (χ4v) is 1.24. The molecule has 0 heterocycles. The molecule has 10 heavy (non-hydrogen) atoms. The van der Waals surface area contributed by atoms with Crippen LogP contribution in [0.25, 0.3) is 0 Å². The zero-order valence-electron chi connectivity index (χ0n) is 5.63. The highest BCUT2D eigenvalue weighted by molar-refractivity contribution is 8.04. The number of carboxylic acids is 1. The minimum Gasteiger partial charge on any atom is -0.477 e. The van der Waals surface area contributed by atoms with Crippen molar-refractivity contribution in [3.8, 4) is 0 Å². The van der Waals surface area contributed by atoms with Crippen LogP contribution in [0.3, 0.4) is 0 Å². The number of hydrogen-bond donors (Lipinski definition) is 1. The Balaban J connectivity index is 3.74. The van der Waals surface area contributed by atoms with Gasteiger partial charge in [0.05, 0.1) is 4.91 Å². The summed E-state index contributed by atoms with van der Waals surface area (Å²) in [6, 6.07) is 0. The van der Waals surface area contributed by atoms with E-state index in [2.05, 4.69) is 0 Å². The third-order valence-corrected chi connectivity index (χ3v) is 2.35. The van der Waals surface area contributed by atoms with Gasteiger partial charge in [-0.2, -0.15) is 0 Å². The van der Waals surface area contributed by atoms with Gasteiger partial charge in [0.15, 0.2) is 0 Å². The second-order valence-corrected chi connectivity index (χ2v) is 3.01. The first-order valence-corrected chi connectivity index (χ1v) is 4.32. The van der Waals surface area contributed by atoms with Crippen molar-refractivity contribution in [1.29, 1.82) is 0 Å². The van der Waals surface area contributed by atoms with E-state index in [1.54, 1.807) is 13.0 Å². The molecule has 0 fully saturated rings. The van der Waals surface area contributed by atoms with Crippen LogP contribution >= 0.6 is 23.4 Å². The minimum absolute atomic E-state index is 0.362. The Bertz CT molecular complexity index is 145. The standard InChI is InChI=1S/C6H9ClO2S/c1-2-5(6(8)9)10-4-3-7/h2H,3-4H2,1H3,(H,8,9)/b5-2-. The lowest BCUT2D eigenvalue weighted by Gasteiger charge is -1.96. The highest BCUT2D eigenvalue weighted by atomic mass is 35.5. The summed E-state index contributed by atoms with van der Waals surface area (Å²) in [6.45, 7) is 1.70. The molecule has 0 rings (SSSR count). The number of halogens is 1. The predicted octanol–water partition coefficient (Wildman–Crippen LogP) is 1.95. The van der Waals surface area contributed by atoms with Gasteiger partial charge >= 0.3 is 5.97 Å². The molecular weight excluding hydrogens is 172 g/mol. The van der Waals surface area contributed by atoms with E-state index in [0.717, 1.165) is 0 Å². The van der Waals surface area contributed by atoms with Gasteiger partial charge < -0.3 is 5.11 Å². The van der Waals surface area contributed by atoms with Gasteiger partial charge in [0, 0.05) is 11.6 Å². The number of carboxylic acid groups (broad SMARTS) is 1. The number of carbonyl (C=O) groups is 1. The van der Waals surface area contributed by atoms with E-state index in [1.165, 1.54) is 11.8 Å². The molecule has 0 saturated heterocycles. The van der Waals surface area contributed by atoms with Gasteiger partial charge in [0.25, 0.3) is 0 Å². The predicted molar refractivity (Wildman–Crippen MR) is 44.6 cm³/mol. The van der Waals surface area contributed by atoms with Crippen LogP contribution in [0.4, 0.5) is 0 Å². The normalized spacial score (nSPS) is 11.6. The summed E-state index contributed by atoms with van der Waals surface area (Å²) in [6.07, 6.45) is 1.57. The molecule has 1 N–H and O–H groups in total. The molecule has 0 aromatic heterocycles. The summed E-state index contributed by atoms with van der Waals surface area (Å²) in [5.41, 5.74) is 0. The van der Waals surface area contributed by atoms with Gasteiger partial charge in [-0.25, -0.2) is 4.79 Å². The Labute approximate surface area is 69.3 Å². The van der Waals surface area contributed by atoms with E-state index >= 15 is 0 Å². The molecule has 2 nitrogen and oxygen atoms in total. The summed E-state index contributed by atoms with van der Waals surface area (Å²) in [5.74, 6) is 0.251. The fourth-order valence-electron chi connectivity index (χ4n) is 0.417. The first-order chi connectivity index (χ1) is 4.72. The van der Waals surface area contributed by atoms with E-state index in [4.69, 9.17) is 16.7 Å². The Morgan fingerprint density at radius 1 is 1.80 bits per heavy atom. The van der Waals surface area contributed by atoms with E-state index in [-0.39, 0.29) is 0 Å². The molecule has 58 valence electrons. The van der Waals surface area contributed by atoms with Crippen molar-refractivity contribution in [3.63, 3.8) is 0 Å². The number of allylic oxidation sites excluding steroid dienone is 1. The lowest BCUT2D eigenvalue weighted by atomic mass is 10.5. The molecule has 0 atom stereocenters. The molecule has 0 bridgehead atoms. The molecule has 4 heteroatoms. The molecule has 0 amide bonds. The Kier molecular flexibility index (Phi) is 5.54. The monoisotopic (exact) mass is 180 g/mol. The van der Waals surface area contributed by atoms with Gasteiger partial charge in [0.2, 0.25) is 0 Å². The third-order valence-electron chi connectivity index (χ3n) is 0.808. The summed E-state index contributed by atoms with van der Waals surface area (Å²) >= 11 is 6.63. The highest BCUT2D eigenvalue weighted by Crippen LogP contribution is 2.14. The maximum absolute atomic E-state index is 10.3. The van der Waals surface area contributed by atoms with Crippen molar-refractivity contribution in [2.75, 3.05) is 11.6 Å². The molecule has 0 aliphatic rings. The Morgan fingerprint density at radius 2 is 2.40 bits per heavy atom. The summed E-state index contributed by atoms with van der Waals surface area (Å²) < 4.78 is 0. The number of hydrogen-bond acceptors (Lipinski definition) is 2. The van der Waals surface area contributed by atoms with E-state index in [9.17, 15) is 4.79 Å². The van der Waals surface area contributed by atoms with Gasteiger partial charge in [-0.15, -0.1) is 23.4 Å². The highest BCUT2D eigenvalue weighted by Gasteiger charge is 2.04. The SMILES string of the molecule is C/C=C(\SCCCl)C(=O)O. The second-order valence-electron chi connectivity index (χ2n) is 1.50. The van der Waals surface area contributed by atoms with Crippen LogP contribution in [-0.4, -0.2) is 22.7 Å². The van der Waals surface area contributed by atoms with E-state index in [0.29, 0.717) is 16.5 Å². The maximum Gasteiger partial charge on any atom is 0.341 e. The van der Waals surface area contributed by atoms with Crippen LogP contribution in [0, 0.1) is 0 Å². The second kappa shape index (κ2) is 5.62. The van der Waals surface area contributed by atoms with Crippen LogP contribution < -0.4 is 0 Å². The minimum atomic E-state index is -0.877. The molecule has 0 aromatic rings. The fraction of sp³-hybridized carbons (Fsp3) is 0.500. The molecule has 0 radical (unpaired) electrons. The Hall–Kier alpha value is -0.150. The molecule has 0 aliphatic heterocycles. The molecule has 0 unspecified atom stereocenters. The molecule has 0 saturated carbocycles. The van der Waals surface area contributed by atoms with E-state index in [1.807, 2.05) is 0 Å². The number of rotatable bonds is 4. The first-order valence-electron chi connectivity index (χ1n) is 2.80. The zero-order valence-corrected chi connectivity index (χ0v) is 7.21. The van der Waals surface area contributed by atoms with Crippen molar-refractivity contribution in [1.82, 2.24) is 0 Å². The maximum atomic E-state index is 10.3. The summed E-state index contributed by atoms with van der Waals surface area (Å²) in [7, 11) is 0. The van der Waals surface area contributed by atoms with E-state index < -0.39 is 5.97 Å². The number of thioether (sulfide) groups is 1. The van der Waals surface area contributed by atoms with Crippen LogP contribution in [0.15, 0.2) is 11.0 Å². The van der Waals surface area contributed by atoms with Crippen molar-refractivity contribution in [2.24, 2.45) is 0 Å². The molecule has 0 spiro atoms. The van der Waals surface area contributed by atoms with Crippen molar-refractivity contribution < 1.29 is 9.90 Å². The average molecular weight is 181 g/mol. The number of aliphatic carboxylic acids is 1. The van der Waals surface area contributed by atoms with Crippen molar-refractivity contribution >= 4 is 29.3 Å². The van der Waals surface area contributed by atoms with Crippen molar-refractivity contribution in [2.45, 2.75) is 6.92 Å². The van der Waals surface area contributed by atoms with Gasteiger partial charge in [-0.3, -0.25) is 0 Å². The van der Waals surface area contributed by atoms with Gasteiger partial charge in [-0.1, -0.05) is 6.08 Å². The number of alkyl halides is 1. The van der Waals surface area contributed by atoms with Gasteiger partial charge in [-0.05, 0) is 6.92 Å². The summed E-state index contributed by atoms with van der Waals surface area (Å²) in [4.78, 5) is 10.7. The molecular formula is C6H9ClO2S. The zero-order chi connectivity index (χ0) is 7.98. The summed E-state index contributed by atoms with van der Waals surface area (Å²) in [5, 5.41) is 8.47. The average Bonchev–Trinajstić information content (AvgIpc) is 1.89. The lowest BCUT2D eigenvalue weighted by Crippen LogP contribution is -1.97. The molecule has 0 aromatic carbocycles. The smallest absolute Gasteiger partial charge is 0.341 e. The largest absolute Gasteiger partial charge is 0.477 e. The first kappa shape index (κ1) is 9.85. The quantitative estimate of drug-likeness (QED) is 0.531. The van der Waals surface area contributed by atoms with Crippen molar-refractivity contribution in [3.05, 3.63) is 11.0 Å². The Morgan fingerprint density at radius 3 is 2.70 bits per heavy atom. The van der Waals surface area contributed by atoms with Gasteiger partial charge in [0.1, 0.15) is 0 Å². The molecule has 0 aliphatic carbocycles. The van der Waals surface area contributed by atoms with Crippen LogP contribution in [0.2, 0.25) is 0 Å². The lowest BCUT2D eigenvalue weighted by molar-refractivity contribution is -0.131.